The Kier molecular flexibility index (Phi) is 7.66. The second-order valence-electron chi connectivity index (χ2n) is 6.61. The van der Waals surface area contributed by atoms with E-state index in [1.807, 2.05) is 6.92 Å². The summed E-state index contributed by atoms with van der Waals surface area (Å²) in [5.74, 6) is -1.44. The number of rotatable bonds is 7. The maximum atomic E-state index is 12.6. The number of carbonyl (C=O) groups excluding carboxylic acids is 2. The smallest absolute Gasteiger partial charge is 0.362 e. The van der Waals surface area contributed by atoms with E-state index in [0.717, 1.165) is 20.8 Å². The third kappa shape index (κ3) is 5.74. The van der Waals surface area contributed by atoms with Gasteiger partial charge in [-0.1, -0.05) is 39.7 Å². The molecule has 166 valence electrons. The molecule has 0 fully saturated rings. The molecule has 1 amide bonds. The second kappa shape index (κ2) is 10.4. The topological polar surface area (TPSA) is 99.5 Å². The fourth-order valence-corrected chi connectivity index (χ4v) is 3.26. The van der Waals surface area contributed by atoms with Gasteiger partial charge in [-0.2, -0.15) is 9.78 Å². The van der Waals surface area contributed by atoms with Crippen molar-refractivity contribution in [3.05, 3.63) is 79.6 Å². The first-order valence-electron chi connectivity index (χ1n) is 9.54. The van der Waals surface area contributed by atoms with Crippen LogP contribution in [-0.2, 0) is 9.53 Å². The Hall–Kier alpha value is -3.17. The second-order valence-corrected chi connectivity index (χ2v) is 7.93. The van der Waals surface area contributed by atoms with Gasteiger partial charge < -0.3 is 14.8 Å². The Labute approximate surface area is 197 Å². The van der Waals surface area contributed by atoms with Gasteiger partial charge in [0, 0.05) is 15.2 Å². The number of aromatic nitrogens is 2. The molecular formula is C22H19BrClN3O5. The molecule has 0 aliphatic heterocycles. The summed E-state index contributed by atoms with van der Waals surface area (Å²) in [5.41, 5.74) is 1.03. The van der Waals surface area contributed by atoms with E-state index in [4.69, 9.17) is 21.1 Å². The van der Waals surface area contributed by atoms with Gasteiger partial charge in [0.25, 0.3) is 11.5 Å². The van der Waals surface area contributed by atoms with Crippen molar-refractivity contribution in [1.29, 1.82) is 0 Å². The SMILES string of the molecule is CCOC(=O)c1nn(-c2cccc(Br)c2)c(=O)cc1OCC(=O)Nc1ccc(C)c(Cl)c1. The van der Waals surface area contributed by atoms with Gasteiger partial charge >= 0.3 is 5.97 Å². The molecule has 3 rings (SSSR count). The summed E-state index contributed by atoms with van der Waals surface area (Å²) < 4.78 is 12.3. The van der Waals surface area contributed by atoms with Crippen molar-refractivity contribution in [3.8, 4) is 11.4 Å². The number of nitrogens with zero attached hydrogens (tertiary/aromatic N) is 2. The van der Waals surface area contributed by atoms with Crippen molar-refractivity contribution >= 4 is 45.1 Å². The number of hydrogen-bond donors (Lipinski definition) is 1. The molecule has 32 heavy (non-hydrogen) atoms. The number of benzene rings is 2. The molecule has 1 aromatic heterocycles. The maximum absolute atomic E-state index is 12.6. The van der Waals surface area contributed by atoms with Gasteiger partial charge in [-0.15, -0.1) is 0 Å². The molecule has 1 heterocycles. The summed E-state index contributed by atoms with van der Waals surface area (Å²) >= 11 is 9.40. The van der Waals surface area contributed by atoms with Gasteiger partial charge in [-0.3, -0.25) is 9.59 Å². The summed E-state index contributed by atoms with van der Waals surface area (Å²) in [6.45, 7) is 3.13. The summed E-state index contributed by atoms with van der Waals surface area (Å²) in [7, 11) is 0. The van der Waals surface area contributed by atoms with Crippen molar-refractivity contribution in [1.82, 2.24) is 9.78 Å². The minimum absolute atomic E-state index is 0.102. The number of amides is 1. The average molecular weight is 521 g/mol. The lowest BCUT2D eigenvalue weighted by Crippen LogP contribution is -2.27. The Bertz CT molecular complexity index is 1230. The highest BCUT2D eigenvalue weighted by Gasteiger charge is 2.21. The normalized spacial score (nSPS) is 10.5. The number of halogens is 2. The van der Waals surface area contributed by atoms with Gasteiger partial charge in [-0.05, 0) is 49.7 Å². The monoisotopic (exact) mass is 519 g/mol. The standard InChI is InChI=1S/C22H19BrClN3O5/c1-3-31-22(30)21-18(11-20(29)27(26-21)16-6-4-5-14(23)9-16)32-12-19(28)25-15-8-7-13(2)17(24)10-15/h4-11H,3,12H2,1-2H3,(H,25,28). The van der Waals surface area contributed by atoms with Crippen LogP contribution in [-0.4, -0.2) is 34.9 Å². The van der Waals surface area contributed by atoms with Crippen molar-refractivity contribution in [2.75, 3.05) is 18.5 Å². The summed E-state index contributed by atoms with van der Waals surface area (Å²) in [5, 5.41) is 7.27. The van der Waals surface area contributed by atoms with Crippen molar-refractivity contribution in [2.45, 2.75) is 13.8 Å². The first-order chi connectivity index (χ1) is 15.3. The molecule has 0 aliphatic carbocycles. The van der Waals surface area contributed by atoms with Gasteiger partial charge in [0.2, 0.25) is 5.69 Å². The molecule has 0 unspecified atom stereocenters. The Balaban J connectivity index is 1.85. The fraction of sp³-hybridized carbons (Fsp3) is 0.182. The van der Waals surface area contributed by atoms with Gasteiger partial charge in [0.05, 0.1) is 18.4 Å². The highest BCUT2D eigenvalue weighted by Crippen LogP contribution is 2.21. The molecule has 0 aliphatic rings. The Morgan fingerprint density at radius 2 is 1.97 bits per heavy atom. The molecule has 0 saturated carbocycles. The number of anilines is 1. The zero-order chi connectivity index (χ0) is 23.3. The fourth-order valence-electron chi connectivity index (χ4n) is 2.69. The predicted octanol–water partition coefficient (Wildman–Crippen LogP) is 4.15. The molecule has 1 N–H and O–H groups in total. The van der Waals surface area contributed by atoms with Crippen LogP contribution >= 0.6 is 27.5 Å². The van der Waals surface area contributed by atoms with E-state index < -0.39 is 24.0 Å². The first kappa shape index (κ1) is 23.5. The molecule has 8 nitrogen and oxygen atoms in total. The van der Waals surface area contributed by atoms with E-state index in [1.165, 1.54) is 0 Å². The number of aryl methyl sites for hydroxylation is 1. The van der Waals surface area contributed by atoms with Gasteiger partial charge in [0.15, 0.2) is 12.4 Å². The molecule has 0 spiro atoms. The number of ether oxygens (including phenoxy) is 2. The Morgan fingerprint density at radius 3 is 2.66 bits per heavy atom. The molecule has 3 aromatic rings. The van der Waals surface area contributed by atoms with Crippen LogP contribution in [0.25, 0.3) is 5.69 Å². The van der Waals surface area contributed by atoms with Crippen LogP contribution in [0.5, 0.6) is 5.75 Å². The number of nitrogens with one attached hydrogen (secondary N) is 1. The maximum Gasteiger partial charge on any atom is 0.362 e. The van der Waals surface area contributed by atoms with Crippen LogP contribution < -0.4 is 15.6 Å². The third-order valence-electron chi connectivity index (χ3n) is 4.23. The molecule has 0 saturated heterocycles. The van der Waals surface area contributed by atoms with Crippen LogP contribution in [0, 0.1) is 6.92 Å². The van der Waals surface area contributed by atoms with Crippen LogP contribution in [0.15, 0.2) is 57.8 Å². The minimum Gasteiger partial charge on any atom is -0.481 e. The lowest BCUT2D eigenvalue weighted by atomic mass is 10.2. The number of carbonyl (C=O) groups is 2. The molecular weight excluding hydrogens is 502 g/mol. The minimum atomic E-state index is -0.781. The third-order valence-corrected chi connectivity index (χ3v) is 5.13. The zero-order valence-electron chi connectivity index (χ0n) is 17.2. The van der Waals surface area contributed by atoms with Crippen LogP contribution in [0.3, 0.4) is 0 Å². The van der Waals surface area contributed by atoms with Crippen LogP contribution in [0.1, 0.15) is 23.0 Å². The van der Waals surface area contributed by atoms with Crippen LogP contribution in [0.2, 0.25) is 5.02 Å². The van der Waals surface area contributed by atoms with Crippen molar-refractivity contribution < 1.29 is 19.1 Å². The summed E-state index contributed by atoms with van der Waals surface area (Å²) in [6, 6.07) is 13.0. The first-order valence-corrected chi connectivity index (χ1v) is 10.7. The molecule has 0 atom stereocenters. The van der Waals surface area contributed by atoms with E-state index in [0.29, 0.717) is 16.4 Å². The molecule has 0 bridgehead atoms. The molecule has 0 radical (unpaired) electrons. The van der Waals surface area contributed by atoms with Crippen molar-refractivity contribution in [2.24, 2.45) is 0 Å². The number of esters is 1. The van der Waals surface area contributed by atoms with E-state index in [1.54, 1.807) is 49.4 Å². The summed E-state index contributed by atoms with van der Waals surface area (Å²) in [4.78, 5) is 37.4. The molecule has 10 heteroatoms. The Morgan fingerprint density at radius 1 is 1.19 bits per heavy atom. The van der Waals surface area contributed by atoms with E-state index in [2.05, 4.69) is 26.3 Å². The van der Waals surface area contributed by atoms with Crippen LogP contribution in [0.4, 0.5) is 5.69 Å². The van der Waals surface area contributed by atoms with Gasteiger partial charge in [0.1, 0.15) is 0 Å². The predicted molar refractivity (Wildman–Crippen MR) is 124 cm³/mol. The van der Waals surface area contributed by atoms with E-state index in [9.17, 15) is 14.4 Å². The summed E-state index contributed by atoms with van der Waals surface area (Å²) in [6.07, 6.45) is 0. The lowest BCUT2D eigenvalue weighted by Gasteiger charge is -2.13. The number of hydrogen-bond acceptors (Lipinski definition) is 6. The quantitative estimate of drug-likeness (QED) is 0.470. The van der Waals surface area contributed by atoms with Gasteiger partial charge in [-0.25, -0.2) is 4.79 Å². The van der Waals surface area contributed by atoms with E-state index >= 15 is 0 Å². The highest BCUT2D eigenvalue weighted by molar-refractivity contribution is 9.10. The lowest BCUT2D eigenvalue weighted by molar-refractivity contribution is -0.118. The average Bonchev–Trinajstić information content (AvgIpc) is 2.75. The van der Waals surface area contributed by atoms with Crippen molar-refractivity contribution in [3.63, 3.8) is 0 Å². The zero-order valence-corrected chi connectivity index (χ0v) is 19.6. The largest absolute Gasteiger partial charge is 0.481 e. The van der Waals surface area contributed by atoms with E-state index in [-0.39, 0.29) is 18.1 Å². The molecule has 2 aromatic carbocycles. The highest BCUT2D eigenvalue weighted by atomic mass is 79.9.